The molecular formula is C57H60F3N19O18P4S4. The van der Waals surface area contributed by atoms with Crippen molar-refractivity contribution in [3.8, 4) is 0 Å². The molecule has 0 spiro atoms. The number of thiol groups is 1. The fourth-order valence-electron chi connectivity index (χ4n) is 12.2. The summed E-state index contributed by atoms with van der Waals surface area (Å²) in [4.78, 5) is 96.3. The van der Waals surface area contributed by atoms with Crippen LogP contribution in [0.4, 0.5) is 30.6 Å². The number of benzene rings is 2. The number of ether oxygens (including phenoxy) is 4. The predicted octanol–water partition coefficient (Wildman–Crippen LogP) is 6.48. The number of aliphatic hydroxyl groups excluding tert-OH is 1. The zero-order valence-corrected chi connectivity index (χ0v) is 59.9. The molecule has 8 N–H and O–H groups in total. The first-order chi connectivity index (χ1) is 49.8. The van der Waals surface area contributed by atoms with E-state index in [-0.39, 0.29) is 58.4 Å². The minimum atomic E-state index is -4.48. The highest BCUT2D eigenvalue weighted by Crippen LogP contribution is 2.60. The van der Waals surface area contributed by atoms with Crippen LogP contribution < -0.4 is 16.4 Å². The summed E-state index contributed by atoms with van der Waals surface area (Å²) in [5.74, 6) is -0.0661. The third-order valence-electron chi connectivity index (χ3n) is 17.1. The monoisotopic (exact) mass is 1610 g/mol. The van der Waals surface area contributed by atoms with Crippen LogP contribution in [0.1, 0.15) is 54.0 Å². The van der Waals surface area contributed by atoms with Gasteiger partial charge in [-0.3, -0.25) is 45.7 Å². The number of halogens is 3. The molecule has 37 nitrogen and oxygen atoms in total. The van der Waals surface area contributed by atoms with Gasteiger partial charge >= 0.3 is 27.0 Å². The lowest BCUT2D eigenvalue weighted by atomic mass is 10.1. The van der Waals surface area contributed by atoms with Crippen molar-refractivity contribution in [2.75, 3.05) is 42.8 Å². The van der Waals surface area contributed by atoms with Gasteiger partial charge in [0.25, 0.3) is 5.91 Å². The summed E-state index contributed by atoms with van der Waals surface area (Å²) in [5, 5.41) is 17.1. The number of nitrogen functional groups attached to an aromatic ring is 1. The number of nitrogens with zero attached hydrogens (tertiary/aromatic N) is 16. The summed E-state index contributed by atoms with van der Waals surface area (Å²) in [6, 6.07) is 17.7. The van der Waals surface area contributed by atoms with E-state index in [2.05, 4.69) is 89.3 Å². The maximum atomic E-state index is 16.5. The molecule has 0 bridgehead atoms. The second-order valence-electron chi connectivity index (χ2n) is 23.7. The Morgan fingerprint density at radius 3 is 1.40 bits per heavy atom. The highest BCUT2D eigenvalue weighted by Gasteiger charge is 2.56. The number of aromatic nitrogens is 16. The average Bonchev–Trinajstić information content (AvgIpc) is 1.63. The van der Waals surface area contributed by atoms with Crippen LogP contribution in [-0.2, 0) is 95.1 Å². The van der Waals surface area contributed by atoms with Gasteiger partial charge in [-0.05, 0) is 60.0 Å². The van der Waals surface area contributed by atoms with Gasteiger partial charge in [0.1, 0.15) is 91.3 Å². The van der Waals surface area contributed by atoms with Crippen LogP contribution in [0, 0.1) is 6.92 Å². The van der Waals surface area contributed by atoms with Crippen LogP contribution in [-0.4, -0.2) is 204 Å². The average molecular weight is 1610 g/mol. The summed E-state index contributed by atoms with van der Waals surface area (Å²) in [7, 11) is 0. The number of rotatable bonds is 9. The number of imidazole rings is 4. The van der Waals surface area contributed by atoms with E-state index in [1.54, 1.807) is 37.3 Å². The Balaban J connectivity index is 0.000000183. The molecule has 8 aromatic heterocycles. The van der Waals surface area contributed by atoms with Crippen molar-refractivity contribution >= 4 is 148 Å². The lowest BCUT2D eigenvalue weighted by Gasteiger charge is -2.30. The number of aryl methyl sites for hydroxylation is 1. The van der Waals surface area contributed by atoms with E-state index in [1.807, 2.05) is 30.3 Å². The third kappa shape index (κ3) is 15.1. The van der Waals surface area contributed by atoms with E-state index in [1.165, 1.54) is 62.6 Å². The molecule has 0 saturated carbocycles. The van der Waals surface area contributed by atoms with E-state index in [9.17, 15) is 29.1 Å². The number of fused-ring (bicyclic) bond motifs is 8. The highest BCUT2D eigenvalue weighted by atomic mass is 32.7. The Hall–Kier alpha value is -6.87. The van der Waals surface area contributed by atoms with Crippen LogP contribution in [0.5, 0.6) is 0 Å². The van der Waals surface area contributed by atoms with Crippen LogP contribution in [0.25, 0.3) is 50.4 Å². The van der Waals surface area contributed by atoms with Crippen molar-refractivity contribution in [3.63, 3.8) is 0 Å². The normalized spacial score (nSPS) is 33.7. The number of anilines is 3. The van der Waals surface area contributed by atoms with Gasteiger partial charge in [-0.15, -0.1) is 0 Å². The molecule has 4 unspecified atom stereocenters. The first-order valence-electron chi connectivity index (χ1n) is 30.9. The summed E-state index contributed by atoms with van der Waals surface area (Å²) < 4.78 is 137. The van der Waals surface area contributed by atoms with Crippen molar-refractivity contribution in [2.45, 2.75) is 113 Å². The summed E-state index contributed by atoms with van der Waals surface area (Å²) in [6.07, 6.45) is -14.4. The quantitative estimate of drug-likeness (QED) is 0.0566. The lowest BCUT2D eigenvalue weighted by Crippen LogP contribution is -2.38. The van der Waals surface area contributed by atoms with Gasteiger partial charge in [0.15, 0.2) is 94.5 Å². The number of amides is 1. The molecule has 105 heavy (non-hydrogen) atoms. The van der Waals surface area contributed by atoms with E-state index < -0.39 is 158 Å². The summed E-state index contributed by atoms with van der Waals surface area (Å²) >= 11 is 19.8. The van der Waals surface area contributed by atoms with Crippen LogP contribution in [0.2, 0.25) is 0 Å². The molecule has 6 saturated heterocycles. The van der Waals surface area contributed by atoms with Gasteiger partial charge in [-0.2, -0.15) is 0 Å². The van der Waals surface area contributed by atoms with Crippen LogP contribution >= 0.6 is 39.2 Å². The first kappa shape index (κ1) is 75.0. The number of aliphatic hydroxyl groups is 1. The molecule has 16 rings (SSSR count). The van der Waals surface area contributed by atoms with Crippen LogP contribution in [0.15, 0.2) is 118 Å². The fourth-order valence-corrected chi connectivity index (χ4v) is 18.1. The van der Waals surface area contributed by atoms with Gasteiger partial charge < -0.3 is 68.7 Å². The molecule has 0 aliphatic carbocycles. The molecule has 6 aliphatic heterocycles. The van der Waals surface area contributed by atoms with E-state index in [0.717, 1.165) is 11.9 Å². The standard InChI is InChI=1S/C35H32F2N10O9P2S2.C21H24FN9O9P2S2.CH4/c1-18(19-8-4-2-5-9-19)44-29-25-31(40-14-38-29)46(16-42-25)34-23(36)27-21(53-34)12-51-58(50,60)56-28-22(13-52-57(49,59)55-27)54-35(24(28)37)47-17-43-26-30(39-15-41-32(26)47)45-33(48)20-10-6-3-7-11-20;1-8-12-18(26-4-24-8)31(6-28-12)21-14(32)16-10(38-21)3-36-41(33,43)39-15-9(2-35-42(34,44)40-16)37-20(11(15)22)30-7-29-13-17(23)25-5-27-19(13)30;/h2-11,14-17,21-24,27-28,34-35H,1,12-13H2,(H,49,59)(H,50,60)(H,38,40,44)(H,39,41,45,48);4-7,9-11,14-16,20-21,32H,2-3H2,1H3,(H,33,43)(H,34,44)(H2,23,25,27);1H4/t21-,22-,23-,24-,27-,28-,34-,35-,57?,58?;9-,10-,11-,14-,15-,16-,20-,21-,41?,42?;/m11./s1. The number of carbonyl (C=O) groups excluding carboxylic acids is 1. The Kier molecular flexibility index (Phi) is 21.4. The maximum absolute atomic E-state index is 16.5. The number of alkyl halides is 3. The van der Waals surface area contributed by atoms with Crippen molar-refractivity contribution in [1.82, 2.24) is 78.1 Å². The Bertz CT molecular complexity index is 4830. The van der Waals surface area contributed by atoms with Gasteiger partial charge in [0.05, 0.1) is 57.4 Å². The Labute approximate surface area is 610 Å². The Morgan fingerprint density at radius 2 is 0.895 bits per heavy atom. The SMILES string of the molecule is C.C=C(Nc1ncnc2c1ncn2[C@@H]1O[C@@H]2COP(O)(=S)O[C@H]3[C@@H](F)[C@H](n4cnc5c(NC(=O)c6ccccc6)ncnc54)O[C@@H]3COP(=O)(S)O[C@H]2[C@H]1F)c1ccccc1.Cc1ncnc2c1ncn2[C@@H]1O[C@@H]2COP(O)(=S)O[C@H]3[C@@H](F)[C@H](n4cnc5c(N)ncnc54)O[C@@H]3COP(O)(=S)O[C@H]2[C@H]1O. The fraction of sp³-hybridized carbons (Fsp3) is 0.386. The molecule has 2 aromatic carbocycles. The second kappa shape index (κ2) is 29.9. The molecule has 14 heterocycles. The molecule has 0 radical (unpaired) electrons. The van der Waals surface area contributed by atoms with E-state index >= 15 is 13.2 Å². The second-order valence-corrected chi connectivity index (χ2v) is 34.9. The maximum Gasteiger partial charge on any atom is 0.386 e. The van der Waals surface area contributed by atoms with Gasteiger partial charge in [-0.1, -0.05) is 74.8 Å². The molecule has 556 valence electrons. The molecule has 6 aliphatic rings. The molecule has 10 aromatic rings. The zero-order valence-electron chi connectivity index (χ0n) is 53.0. The largest absolute Gasteiger partial charge is 0.386 e. The molecular weight excluding hydrogens is 1550 g/mol. The number of carbonyl (C=O) groups is 1. The topological polar surface area (TPSA) is 450 Å². The zero-order chi connectivity index (χ0) is 72.7. The number of hydrogen-bond donors (Lipinski definition) is 8. The smallest absolute Gasteiger partial charge is 0.386 e. The van der Waals surface area contributed by atoms with Crippen molar-refractivity contribution in [3.05, 3.63) is 135 Å². The number of hydrogen-bond acceptors (Lipinski definition) is 32. The minimum Gasteiger partial charge on any atom is -0.386 e. The highest BCUT2D eigenvalue weighted by molar-refractivity contribution is 8.44. The van der Waals surface area contributed by atoms with Crippen molar-refractivity contribution in [2.24, 2.45) is 0 Å². The van der Waals surface area contributed by atoms with Gasteiger partial charge in [-0.25, -0.2) is 77.5 Å². The summed E-state index contributed by atoms with van der Waals surface area (Å²) in [6.45, 7) is -13.8. The van der Waals surface area contributed by atoms with Gasteiger partial charge in [0, 0.05) is 11.3 Å². The molecule has 1 amide bonds. The minimum absolute atomic E-state index is 0. The van der Waals surface area contributed by atoms with E-state index in [4.69, 9.17) is 96.3 Å². The third-order valence-corrected chi connectivity index (χ3v) is 23.4. The number of nitrogens with two attached hydrogens (primary N) is 1. The van der Waals surface area contributed by atoms with E-state index in [0.29, 0.717) is 28.1 Å². The Morgan fingerprint density at radius 1 is 0.524 bits per heavy atom. The van der Waals surface area contributed by atoms with Crippen molar-refractivity contribution in [1.29, 1.82) is 0 Å². The molecule has 6 fully saturated rings. The summed E-state index contributed by atoms with van der Waals surface area (Å²) in [5.41, 5.74) is 9.97. The van der Waals surface area contributed by atoms with Gasteiger partial charge in [0.2, 0.25) is 0 Å². The lowest BCUT2D eigenvalue weighted by molar-refractivity contribution is -0.0589. The van der Waals surface area contributed by atoms with Crippen LogP contribution in [0.3, 0.4) is 0 Å². The molecule has 20 atom stereocenters. The number of nitrogens with one attached hydrogen (secondary N) is 2. The predicted molar refractivity (Wildman–Crippen MR) is 376 cm³/mol. The first-order valence-corrected chi connectivity index (χ1v) is 41.4. The molecule has 48 heteroatoms. The van der Waals surface area contributed by atoms with Crippen molar-refractivity contribution < 1.29 is 97.5 Å².